The molecule has 0 heterocycles. The molecule has 1 aromatic carbocycles. The Morgan fingerprint density at radius 1 is 1.22 bits per heavy atom. The molecule has 2 rings (SSSR count). The summed E-state index contributed by atoms with van der Waals surface area (Å²) >= 11 is 0. The van der Waals surface area contributed by atoms with E-state index in [4.69, 9.17) is 15.2 Å². The van der Waals surface area contributed by atoms with Crippen LogP contribution in [0.15, 0.2) is 24.3 Å². The predicted molar refractivity (Wildman–Crippen MR) is 72.6 cm³/mol. The average Bonchev–Trinajstić information content (AvgIpc) is 3.18. The Bertz CT molecular complexity index is 382. The summed E-state index contributed by atoms with van der Waals surface area (Å²) in [6.45, 7) is 2.68. The van der Waals surface area contributed by atoms with E-state index in [2.05, 4.69) is 31.2 Å². The van der Waals surface area contributed by atoms with Crippen LogP contribution in [0.2, 0.25) is 0 Å². The van der Waals surface area contributed by atoms with Crippen LogP contribution in [0.4, 0.5) is 0 Å². The standard InChI is InChI=1S/C15H23NO2/c1-11(16)15(8-9-15)13-6-4-12(5-7-13)14(18-3)10-17-2/h4-7,11,14H,8-10,16H2,1-3H3. The zero-order chi connectivity index (χ0) is 13.2. The number of rotatable bonds is 6. The molecule has 1 aliphatic carbocycles. The molecule has 0 radical (unpaired) electrons. The summed E-state index contributed by atoms with van der Waals surface area (Å²) in [6.07, 6.45) is 2.42. The van der Waals surface area contributed by atoms with E-state index < -0.39 is 0 Å². The van der Waals surface area contributed by atoms with Crippen molar-refractivity contribution in [1.29, 1.82) is 0 Å². The van der Waals surface area contributed by atoms with Crippen LogP contribution >= 0.6 is 0 Å². The van der Waals surface area contributed by atoms with E-state index in [0.717, 1.165) is 5.56 Å². The van der Waals surface area contributed by atoms with Crippen LogP contribution in [-0.4, -0.2) is 26.9 Å². The largest absolute Gasteiger partial charge is 0.382 e. The van der Waals surface area contributed by atoms with Crippen LogP contribution in [-0.2, 0) is 14.9 Å². The van der Waals surface area contributed by atoms with Crippen molar-refractivity contribution in [2.45, 2.75) is 37.3 Å². The molecule has 2 atom stereocenters. The lowest BCUT2D eigenvalue weighted by Gasteiger charge is -2.21. The summed E-state index contributed by atoms with van der Waals surface area (Å²) < 4.78 is 10.6. The highest BCUT2D eigenvalue weighted by Crippen LogP contribution is 2.50. The third kappa shape index (κ3) is 2.44. The second-order valence-electron chi connectivity index (χ2n) is 5.25. The summed E-state index contributed by atoms with van der Waals surface area (Å²) in [5.41, 5.74) is 8.83. The summed E-state index contributed by atoms with van der Waals surface area (Å²) in [6, 6.07) is 8.86. The molecule has 18 heavy (non-hydrogen) atoms. The van der Waals surface area contributed by atoms with Gasteiger partial charge in [0.1, 0.15) is 6.10 Å². The molecular weight excluding hydrogens is 226 g/mol. The molecule has 0 spiro atoms. The zero-order valence-electron chi connectivity index (χ0n) is 11.5. The van der Waals surface area contributed by atoms with Crippen molar-refractivity contribution < 1.29 is 9.47 Å². The van der Waals surface area contributed by atoms with Crippen molar-refractivity contribution in [2.75, 3.05) is 20.8 Å². The summed E-state index contributed by atoms with van der Waals surface area (Å²) in [7, 11) is 3.40. The third-order valence-electron chi connectivity index (χ3n) is 4.12. The van der Waals surface area contributed by atoms with Crippen LogP contribution in [0.5, 0.6) is 0 Å². The Morgan fingerprint density at radius 3 is 2.22 bits per heavy atom. The Hall–Kier alpha value is -0.900. The molecule has 0 bridgehead atoms. The van der Waals surface area contributed by atoms with Crippen molar-refractivity contribution >= 4 is 0 Å². The molecule has 1 aromatic rings. The van der Waals surface area contributed by atoms with Gasteiger partial charge < -0.3 is 15.2 Å². The second-order valence-corrected chi connectivity index (χ2v) is 5.25. The van der Waals surface area contributed by atoms with E-state index in [-0.39, 0.29) is 17.6 Å². The molecule has 0 aliphatic heterocycles. The van der Waals surface area contributed by atoms with Gasteiger partial charge >= 0.3 is 0 Å². The SMILES string of the molecule is COCC(OC)c1ccc(C2(C(C)N)CC2)cc1. The zero-order valence-corrected chi connectivity index (χ0v) is 11.5. The van der Waals surface area contributed by atoms with Crippen molar-refractivity contribution in [3.05, 3.63) is 35.4 Å². The van der Waals surface area contributed by atoms with Crippen LogP contribution in [0.3, 0.4) is 0 Å². The number of methoxy groups -OCH3 is 2. The smallest absolute Gasteiger partial charge is 0.105 e. The minimum Gasteiger partial charge on any atom is -0.382 e. The molecule has 3 nitrogen and oxygen atoms in total. The van der Waals surface area contributed by atoms with Gasteiger partial charge in [-0.3, -0.25) is 0 Å². The van der Waals surface area contributed by atoms with Gasteiger partial charge in [0.25, 0.3) is 0 Å². The van der Waals surface area contributed by atoms with Gasteiger partial charge in [-0.2, -0.15) is 0 Å². The summed E-state index contributed by atoms with van der Waals surface area (Å²) in [4.78, 5) is 0. The number of hydrogen-bond acceptors (Lipinski definition) is 3. The van der Waals surface area contributed by atoms with Crippen molar-refractivity contribution in [1.82, 2.24) is 0 Å². The highest BCUT2D eigenvalue weighted by molar-refractivity contribution is 5.36. The lowest BCUT2D eigenvalue weighted by atomic mass is 9.88. The molecular formula is C15H23NO2. The van der Waals surface area contributed by atoms with Crippen molar-refractivity contribution in [3.63, 3.8) is 0 Å². The molecule has 2 N–H and O–H groups in total. The van der Waals surface area contributed by atoms with E-state index in [1.165, 1.54) is 18.4 Å². The van der Waals surface area contributed by atoms with E-state index >= 15 is 0 Å². The fourth-order valence-corrected chi connectivity index (χ4v) is 2.62. The fourth-order valence-electron chi connectivity index (χ4n) is 2.62. The van der Waals surface area contributed by atoms with Gasteiger partial charge in [-0.15, -0.1) is 0 Å². The lowest BCUT2D eigenvalue weighted by Crippen LogP contribution is -2.31. The number of benzene rings is 1. The maximum absolute atomic E-state index is 6.09. The van der Waals surface area contributed by atoms with Crippen LogP contribution in [0, 0.1) is 0 Å². The van der Waals surface area contributed by atoms with E-state index in [1.54, 1.807) is 14.2 Å². The summed E-state index contributed by atoms with van der Waals surface area (Å²) in [5.74, 6) is 0. The average molecular weight is 249 g/mol. The molecule has 1 fully saturated rings. The highest BCUT2D eigenvalue weighted by atomic mass is 16.5. The predicted octanol–water partition coefficient (Wildman–Crippen LogP) is 2.40. The highest BCUT2D eigenvalue weighted by Gasteiger charge is 2.47. The van der Waals surface area contributed by atoms with Crippen molar-refractivity contribution in [2.24, 2.45) is 5.73 Å². The Morgan fingerprint density at radius 2 is 1.83 bits per heavy atom. The number of hydrogen-bond donors (Lipinski definition) is 1. The van der Waals surface area contributed by atoms with Gasteiger partial charge in [0.05, 0.1) is 6.61 Å². The van der Waals surface area contributed by atoms with Gasteiger partial charge in [0, 0.05) is 25.7 Å². The van der Waals surface area contributed by atoms with Crippen LogP contribution < -0.4 is 5.73 Å². The molecule has 100 valence electrons. The van der Waals surface area contributed by atoms with Gasteiger partial charge in [0.15, 0.2) is 0 Å². The van der Waals surface area contributed by atoms with Gasteiger partial charge in [-0.1, -0.05) is 24.3 Å². The van der Waals surface area contributed by atoms with E-state index in [0.29, 0.717) is 6.61 Å². The third-order valence-corrected chi connectivity index (χ3v) is 4.12. The Kier molecular flexibility index (Phi) is 4.05. The second kappa shape index (κ2) is 5.39. The normalized spacial score (nSPS) is 20.4. The van der Waals surface area contributed by atoms with Gasteiger partial charge in [-0.05, 0) is 30.9 Å². The Labute approximate surface area is 109 Å². The quantitative estimate of drug-likeness (QED) is 0.842. The monoisotopic (exact) mass is 249 g/mol. The minimum atomic E-state index is 0.00880. The number of nitrogens with two attached hydrogens (primary N) is 1. The van der Waals surface area contributed by atoms with Gasteiger partial charge in [0.2, 0.25) is 0 Å². The van der Waals surface area contributed by atoms with Crippen LogP contribution in [0.25, 0.3) is 0 Å². The van der Waals surface area contributed by atoms with E-state index in [9.17, 15) is 0 Å². The molecule has 0 amide bonds. The first kappa shape index (κ1) is 13.5. The first-order valence-electron chi connectivity index (χ1n) is 6.52. The van der Waals surface area contributed by atoms with Gasteiger partial charge in [-0.25, -0.2) is 0 Å². The number of ether oxygens (including phenoxy) is 2. The first-order valence-corrected chi connectivity index (χ1v) is 6.52. The van der Waals surface area contributed by atoms with Crippen molar-refractivity contribution in [3.8, 4) is 0 Å². The fraction of sp³-hybridized carbons (Fsp3) is 0.600. The maximum Gasteiger partial charge on any atom is 0.105 e. The van der Waals surface area contributed by atoms with Crippen LogP contribution in [0.1, 0.15) is 37.0 Å². The molecule has 3 heteroatoms. The first-order chi connectivity index (χ1) is 8.64. The molecule has 0 aromatic heterocycles. The molecule has 2 unspecified atom stereocenters. The molecule has 1 saturated carbocycles. The topological polar surface area (TPSA) is 44.5 Å². The minimum absolute atomic E-state index is 0.00880. The maximum atomic E-state index is 6.09. The molecule has 0 saturated heterocycles. The van der Waals surface area contributed by atoms with E-state index in [1.807, 2.05) is 0 Å². The lowest BCUT2D eigenvalue weighted by molar-refractivity contribution is 0.0275. The molecule has 1 aliphatic rings. The Balaban J connectivity index is 2.15. The summed E-state index contributed by atoms with van der Waals surface area (Å²) in [5, 5.41) is 0.